The van der Waals surface area contributed by atoms with Gasteiger partial charge in [0.15, 0.2) is 6.61 Å². The van der Waals surface area contributed by atoms with E-state index in [1.54, 1.807) is 38.1 Å². The van der Waals surface area contributed by atoms with Crippen LogP contribution in [0.5, 0.6) is 5.75 Å². The van der Waals surface area contributed by atoms with E-state index in [2.05, 4.69) is 5.32 Å². The van der Waals surface area contributed by atoms with Crippen LogP contribution in [-0.4, -0.2) is 18.4 Å². The van der Waals surface area contributed by atoms with Crippen LogP contribution in [-0.2, 0) is 4.79 Å². The molecule has 4 nitrogen and oxygen atoms in total. The SMILES string of the molecule is CC(C)(CCl)C(=O)Nc1ccc(OCC#N)cc1. The number of ether oxygens (including phenoxy) is 1. The first-order valence-electron chi connectivity index (χ1n) is 5.47. The smallest absolute Gasteiger partial charge is 0.231 e. The Kier molecular flexibility index (Phi) is 4.99. The molecule has 1 amide bonds. The van der Waals surface area contributed by atoms with Gasteiger partial charge in [0.2, 0.25) is 5.91 Å². The fraction of sp³-hybridized carbons (Fsp3) is 0.385. The molecule has 0 saturated carbocycles. The van der Waals surface area contributed by atoms with Crippen LogP contribution in [0.1, 0.15) is 13.8 Å². The van der Waals surface area contributed by atoms with Crippen LogP contribution < -0.4 is 10.1 Å². The fourth-order valence-electron chi connectivity index (χ4n) is 1.11. The molecule has 0 radical (unpaired) electrons. The highest BCUT2D eigenvalue weighted by molar-refractivity contribution is 6.20. The summed E-state index contributed by atoms with van der Waals surface area (Å²) in [6.07, 6.45) is 0. The highest BCUT2D eigenvalue weighted by Crippen LogP contribution is 2.21. The molecular formula is C13H15ClN2O2. The van der Waals surface area contributed by atoms with Gasteiger partial charge in [-0.1, -0.05) is 0 Å². The fourth-order valence-corrected chi connectivity index (χ4v) is 1.23. The number of halogens is 1. The highest BCUT2D eigenvalue weighted by atomic mass is 35.5. The molecule has 0 heterocycles. The molecule has 5 heteroatoms. The summed E-state index contributed by atoms with van der Waals surface area (Å²) in [5, 5.41) is 11.1. The van der Waals surface area contributed by atoms with Gasteiger partial charge < -0.3 is 10.1 Å². The second kappa shape index (κ2) is 6.27. The van der Waals surface area contributed by atoms with Gasteiger partial charge in [-0.2, -0.15) is 5.26 Å². The van der Waals surface area contributed by atoms with Crippen molar-refractivity contribution in [2.75, 3.05) is 17.8 Å². The second-order valence-corrected chi connectivity index (χ2v) is 4.71. The average molecular weight is 267 g/mol. The molecule has 1 rings (SSSR count). The summed E-state index contributed by atoms with van der Waals surface area (Å²) >= 11 is 5.73. The Morgan fingerprint density at radius 3 is 2.56 bits per heavy atom. The molecule has 1 aromatic rings. The Hall–Kier alpha value is -1.73. The molecule has 1 aromatic carbocycles. The van der Waals surface area contributed by atoms with Gasteiger partial charge in [-0.15, -0.1) is 11.6 Å². The maximum Gasteiger partial charge on any atom is 0.231 e. The molecule has 0 atom stereocenters. The number of carbonyl (C=O) groups is 1. The maximum atomic E-state index is 11.9. The van der Waals surface area contributed by atoms with Crippen LogP contribution in [0.15, 0.2) is 24.3 Å². The second-order valence-electron chi connectivity index (χ2n) is 4.44. The van der Waals surface area contributed by atoms with E-state index in [9.17, 15) is 4.79 Å². The molecule has 0 aromatic heterocycles. The van der Waals surface area contributed by atoms with Gasteiger partial charge in [0, 0.05) is 11.6 Å². The normalized spacial score (nSPS) is 10.6. The first kappa shape index (κ1) is 14.3. The molecule has 0 unspecified atom stereocenters. The lowest BCUT2D eigenvalue weighted by Gasteiger charge is -2.20. The molecule has 0 aliphatic heterocycles. The van der Waals surface area contributed by atoms with Crippen LogP contribution in [0.3, 0.4) is 0 Å². The van der Waals surface area contributed by atoms with Gasteiger partial charge in [0.1, 0.15) is 11.8 Å². The van der Waals surface area contributed by atoms with Crippen molar-refractivity contribution in [1.82, 2.24) is 0 Å². The van der Waals surface area contributed by atoms with E-state index >= 15 is 0 Å². The van der Waals surface area contributed by atoms with Crippen molar-refractivity contribution < 1.29 is 9.53 Å². The number of hydrogen-bond donors (Lipinski definition) is 1. The van der Waals surface area contributed by atoms with Crippen LogP contribution in [0, 0.1) is 16.7 Å². The molecule has 0 aliphatic rings. The molecular weight excluding hydrogens is 252 g/mol. The molecule has 0 saturated heterocycles. The molecule has 0 bridgehead atoms. The number of anilines is 1. The van der Waals surface area contributed by atoms with E-state index in [4.69, 9.17) is 21.6 Å². The van der Waals surface area contributed by atoms with Crippen molar-refractivity contribution in [3.63, 3.8) is 0 Å². The topological polar surface area (TPSA) is 62.1 Å². The zero-order chi connectivity index (χ0) is 13.6. The third-order valence-corrected chi connectivity index (χ3v) is 3.03. The van der Waals surface area contributed by atoms with Gasteiger partial charge in [-0.05, 0) is 38.1 Å². The molecule has 1 N–H and O–H groups in total. The minimum Gasteiger partial charge on any atom is -0.479 e. The van der Waals surface area contributed by atoms with Crippen molar-refractivity contribution in [1.29, 1.82) is 5.26 Å². The van der Waals surface area contributed by atoms with Crippen molar-refractivity contribution >= 4 is 23.2 Å². The van der Waals surface area contributed by atoms with Crippen LogP contribution in [0.2, 0.25) is 0 Å². The van der Waals surface area contributed by atoms with Gasteiger partial charge >= 0.3 is 0 Å². The van der Waals surface area contributed by atoms with E-state index in [1.807, 2.05) is 6.07 Å². The van der Waals surface area contributed by atoms with E-state index in [-0.39, 0.29) is 18.4 Å². The number of nitrogens with one attached hydrogen (secondary N) is 1. The number of benzene rings is 1. The maximum absolute atomic E-state index is 11.9. The van der Waals surface area contributed by atoms with Gasteiger partial charge in [0.25, 0.3) is 0 Å². The van der Waals surface area contributed by atoms with Crippen molar-refractivity contribution in [3.8, 4) is 11.8 Å². The third kappa shape index (κ3) is 3.94. The standard InChI is InChI=1S/C13H15ClN2O2/c1-13(2,9-14)12(17)16-10-3-5-11(6-4-10)18-8-7-15/h3-6H,8-9H2,1-2H3,(H,16,17). The summed E-state index contributed by atoms with van der Waals surface area (Å²) in [5.41, 5.74) is 0.0554. The van der Waals surface area contributed by atoms with E-state index < -0.39 is 5.41 Å². The van der Waals surface area contributed by atoms with E-state index in [0.29, 0.717) is 11.4 Å². The van der Waals surface area contributed by atoms with Gasteiger partial charge in [0.05, 0.1) is 5.41 Å². The van der Waals surface area contributed by atoms with Gasteiger partial charge in [-0.3, -0.25) is 4.79 Å². The molecule has 96 valence electrons. The molecule has 0 fully saturated rings. The Morgan fingerprint density at radius 1 is 1.44 bits per heavy atom. The summed E-state index contributed by atoms with van der Waals surface area (Å²) < 4.78 is 5.11. The van der Waals surface area contributed by atoms with E-state index in [1.165, 1.54) is 0 Å². The summed E-state index contributed by atoms with van der Waals surface area (Å²) in [7, 11) is 0. The largest absolute Gasteiger partial charge is 0.479 e. The number of nitriles is 1. The number of rotatable bonds is 5. The minimum atomic E-state index is -0.614. The van der Waals surface area contributed by atoms with Crippen molar-refractivity contribution in [2.45, 2.75) is 13.8 Å². The first-order valence-corrected chi connectivity index (χ1v) is 6.00. The monoisotopic (exact) mass is 266 g/mol. The van der Waals surface area contributed by atoms with E-state index in [0.717, 1.165) is 0 Å². The molecule has 18 heavy (non-hydrogen) atoms. The van der Waals surface area contributed by atoms with Gasteiger partial charge in [-0.25, -0.2) is 0 Å². The average Bonchev–Trinajstić information content (AvgIpc) is 2.37. The van der Waals surface area contributed by atoms with Crippen LogP contribution >= 0.6 is 11.6 Å². The summed E-state index contributed by atoms with van der Waals surface area (Å²) in [5.74, 6) is 0.705. The Bertz CT molecular complexity index is 449. The number of hydrogen-bond acceptors (Lipinski definition) is 3. The number of amides is 1. The number of alkyl halides is 1. The minimum absolute atomic E-state index is 0.00495. The van der Waals surface area contributed by atoms with Crippen LogP contribution in [0.25, 0.3) is 0 Å². The summed E-state index contributed by atoms with van der Waals surface area (Å²) in [6, 6.07) is 8.71. The zero-order valence-corrected chi connectivity index (χ0v) is 11.1. The first-order chi connectivity index (χ1) is 8.49. The predicted octanol–water partition coefficient (Wildman–Crippen LogP) is 2.79. The van der Waals surface area contributed by atoms with Crippen molar-refractivity contribution in [2.24, 2.45) is 5.41 Å². The highest BCUT2D eigenvalue weighted by Gasteiger charge is 2.26. The molecule has 0 aliphatic carbocycles. The lowest BCUT2D eigenvalue weighted by molar-refractivity contribution is -0.122. The summed E-state index contributed by atoms with van der Waals surface area (Å²) in [4.78, 5) is 11.9. The third-order valence-electron chi connectivity index (χ3n) is 2.36. The van der Waals surface area contributed by atoms with Crippen molar-refractivity contribution in [3.05, 3.63) is 24.3 Å². The lowest BCUT2D eigenvalue weighted by atomic mass is 9.95. The Labute approximate surface area is 112 Å². The Morgan fingerprint density at radius 2 is 2.06 bits per heavy atom. The molecule has 0 spiro atoms. The summed E-state index contributed by atoms with van der Waals surface area (Å²) in [6.45, 7) is 3.56. The predicted molar refractivity (Wildman–Crippen MR) is 70.7 cm³/mol. The number of nitrogens with zero attached hydrogens (tertiary/aromatic N) is 1. The quantitative estimate of drug-likeness (QED) is 0.834. The Balaban J connectivity index is 2.64. The number of carbonyl (C=O) groups excluding carboxylic acids is 1. The lowest BCUT2D eigenvalue weighted by Crippen LogP contribution is -2.32. The zero-order valence-electron chi connectivity index (χ0n) is 10.4. The van der Waals surface area contributed by atoms with Crippen LogP contribution in [0.4, 0.5) is 5.69 Å².